The van der Waals surface area contributed by atoms with E-state index in [4.69, 9.17) is 19.7 Å². The molecule has 2 saturated heterocycles. The largest absolute Gasteiger partial charge is 0.478 e. The standard InChI is InChI=1S/C52H56N10O5/c63-25-31-15-17-59(23-31)44-22-38(34-12-14-42-40(20-34)58-30-62(42)36-9-5-2-6-10-36)48-50(56-28-54-48)46(44)52(66)67-26-32-16-18-60(24-32)43-21-37(47-49(55-27-53-47)45(43)51(64)65)33-11-13-41-39(19-33)57-29-61(41)35-7-3-1-4-8-35/h11-14,19-22,27-32,35-36,63H,1-10,15-18,23-26H2,(H,53,55)(H,54,56)(H,64,65)/t31-,32-/m0/s1. The predicted molar refractivity (Wildman–Crippen MR) is 259 cm³/mol. The lowest BCUT2D eigenvalue weighted by atomic mass is 9.95. The van der Waals surface area contributed by atoms with E-state index in [0.717, 1.165) is 69.3 Å². The third-order valence-corrected chi connectivity index (χ3v) is 15.5. The lowest BCUT2D eigenvalue weighted by molar-refractivity contribution is 0.0453. The number of carboxylic acids is 1. The summed E-state index contributed by atoms with van der Waals surface area (Å²) in [5.41, 5.74) is 12.0. The van der Waals surface area contributed by atoms with Gasteiger partial charge >= 0.3 is 11.9 Å². The number of fused-ring (bicyclic) bond motifs is 4. The topological polar surface area (TPSA) is 183 Å². The van der Waals surface area contributed by atoms with Crippen LogP contribution in [-0.2, 0) is 4.74 Å². The molecule has 2 atom stereocenters. The van der Waals surface area contributed by atoms with Gasteiger partial charge in [-0.1, -0.05) is 50.7 Å². The van der Waals surface area contributed by atoms with E-state index in [-0.39, 0.29) is 30.6 Å². The summed E-state index contributed by atoms with van der Waals surface area (Å²) < 4.78 is 10.9. The number of carbonyl (C=O) groups excluding carboxylic acids is 1. The number of anilines is 2. The third kappa shape index (κ3) is 7.38. The molecule has 67 heavy (non-hydrogen) atoms. The molecule has 15 nitrogen and oxygen atoms in total. The molecular formula is C52H56N10O5. The van der Waals surface area contributed by atoms with Crippen molar-refractivity contribution in [2.24, 2.45) is 11.8 Å². The normalized spacial score (nSPS) is 19.8. The van der Waals surface area contributed by atoms with E-state index >= 15 is 0 Å². The predicted octanol–water partition coefficient (Wildman–Crippen LogP) is 9.68. The molecule has 4 N–H and O–H groups in total. The first kappa shape index (κ1) is 41.7. The van der Waals surface area contributed by atoms with Gasteiger partial charge in [-0.3, -0.25) is 0 Å². The molecule has 4 fully saturated rings. The summed E-state index contributed by atoms with van der Waals surface area (Å²) in [6, 6.07) is 17.7. The quantitative estimate of drug-likeness (QED) is 0.0907. The van der Waals surface area contributed by atoms with Gasteiger partial charge in [0, 0.05) is 67.8 Å². The second-order valence-corrected chi connectivity index (χ2v) is 19.5. The SMILES string of the molecule is O=C(O)c1c(N2CC[C@H](COC(=O)c3c(N4CC[C@H](CO)C4)cc(-c4ccc5c(c4)ncn5C4CCCCC4)c4nc[nH]c34)C2)cc(-c2ccc3c(c2)ncn3C2CCCCC2)c2nc[nH]c12. The summed E-state index contributed by atoms with van der Waals surface area (Å²) in [5, 5.41) is 20.8. The maximum absolute atomic E-state index is 14.5. The van der Waals surface area contributed by atoms with E-state index in [1.165, 1.54) is 51.4 Å². The zero-order valence-corrected chi connectivity index (χ0v) is 37.7. The first-order chi connectivity index (χ1) is 32.9. The second-order valence-electron chi connectivity index (χ2n) is 19.5. The second kappa shape index (κ2) is 17.2. The molecule has 344 valence electrons. The monoisotopic (exact) mass is 900 g/mol. The van der Waals surface area contributed by atoms with E-state index in [9.17, 15) is 19.8 Å². The van der Waals surface area contributed by atoms with Gasteiger partial charge in [-0.05, 0) is 86.1 Å². The van der Waals surface area contributed by atoms with Crippen molar-refractivity contribution in [2.45, 2.75) is 89.1 Å². The molecule has 2 saturated carbocycles. The fourth-order valence-corrected chi connectivity index (χ4v) is 11.9. The summed E-state index contributed by atoms with van der Waals surface area (Å²) in [4.78, 5) is 57.4. The maximum Gasteiger partial charge on any atom is 0.342 e. The number of esters is 1. The Morgan fingerprint density at radius 1 is 0.627 bits per heavy atom. The van der Waals surface area contributed by atoms with Crippen LogP contribution in [0, 0.1) is 11.8 Å². The molecule has 4 aromatic heterocycles. The van der Waals surface area contributed by atoms with Gasteiger partial charge in [0.25, 0.3) is 0 Å². The van der Waals surface area contributed by atoms with Gasteiger partial charge in [-0.25, -0.2) is 29.5 Å². The number of aromatic nitrogens is 8. The summed E-state index contributed by atoms with van der Waals surface area (Å²) in [6.07, 6.45) is 20.9. The number of benzene rings is 4. The highest BCUT2D eigenvalue weighted by Gasteiger charge is 2.33. The van der Waals surface area contributed by atoms with Crippen LogP contribution in [0.3, 0.4) is 0 Å². The van der Waals surface area contributed by atoms with Crippen molar-refractivity contribution >= 4 is 67.4 Å². The molecule has 0 radical (unpaired) electrons. The van der Waals surface area contributed by atoms with Gasteiger partial charge in [0.2, 0.25) is 0 Å². The first-order valence-corrected chi connectivity index (χ1v) is 24.4. The van der Waals surface area contributed by atoms with E-state index in [1.807, 2.05) is 18.7 Å². The highest BCUT2D eigenvalue weighted by molar-refractivity contribution is 6.13. The number of carbonyl (C=O) groups is 2. The smallest absolute Gasteiger partial charge is 0.342 e. The molecule has 0 spiro atoms. The van der Waals surface area contributed by atoms with E-state index < -0.39 is 11.9 Å². The number of nitrogens with one attached hydrogen (secondary N) is 2. The molecule has 4 aromatic carbocycles. The van der Waals surface area contributed by atoms with Crippen LogP contribution in [-0.4, -0.2) is 101 Å². The number of imidazole rings is 4. The summed E-state index contributed by atoms with van der Waals surface area (Å²) in [7, 11) is 0. The van der Waals surface area contributed by atoms with Gasteiger partial charge in [0.05, 0.1) is 87.4 Å². The molecule has 8 aromatic rings. The number of H-pyrrole nitrogens is 2. The Bertz CT molecular complexity index is 3170. The van der Waals surface area contributed by atoms with Crippen LogP contribution in [0.15, 0.2) is 73.8 Å². The average molecular weight is 901 g/mol. The Labute approximate surface area is 387 Å². The third-order valence-electron chi connectivity index (χ3n) is 15.5. The van der Waals surface area contributed by atoms with Gasteiger partial charge in [0.1, 0.15) is 11.1 Å². The van der Waals surface area contributed by atoms with Gasteiger partial charge in [-0.15, -0.1) is 0 Å². The van der Waals surface area contributed by atoms with Crippen molar-refractivity contribution in [3.63, 3.8) is 0 Å². The van der Waals surface area contributed by atoms with Crippen molar-refractivity contribution in [1.29, 1.82) is 0 Å². The summed E-state index contributed by atoms with van der Waals surface area (Å²) in [6.45, 7) is 2.65. The van der Waals surface area contributed by atoms with Gasteiger partial charge in [-0.2, -0.15) is 0 Å². The molecule has 6 heterocycles. The Morgan fingerprint density at radius 3 is 1.66 bits per heavy atom. The first-order valence-electron chi connectivity index (χ1n) is 24.4. The van der Waals surface area contributed by atoms with E-state index in [2.05, 4.69) is 76.4 Å². The van der Waals surface area contributed by atoms with Crippen molar-refractivity contribution in [2.75, 3.05) is 49.2 Å². The van der Waals surface area contributed by atoms with Crippen LogP contribution >= 0.6 is 0 Å². The van der Waals surface area contributed by atoms with Crippen molar-refractivity contribution in [3.05, 3.63) is 85.0 Å². The van der Waals surface area contributed by atoms with Crippen LogP contribution in [0.1, 0.15) is 110 Å². The minimum absolute atomic E-state index is 0.0442. The number of aliphatic hydroxyl groups excluding tert-OH is 1. The van der Waals surface area contributed by atoms with Crippen LogP contribution < -0.4 is 9.80 Å². The number of ether oxygens (including phenoxy) is 1. The van der Waals surface area contributed by atoms with Crippen LogP contribution in [0.5, 0.6) is 0 Å². The highest BCUT2D eigenvalue weighted by atomic mass is 16.5. The maximum atomic E-state index is 14.5. The fraction of sp³-hybridized carbons (Fsp3) is 0.423. The molecule has 0 unspecified atom stereocenters. The molecule has 12 rings (SSSR count). The van der Waals surface area contributed by atoms with E-state index in [0.29, 0.717) is 78.0 Å². The molecule has 2 aliphatic heterocycles. The lowest BCUT2D eigenvalue weighted by Crippen LogP contribution is -2.26. The number of aliphatic hydroxyl groups is 1. The number of hydrogen-bond donors (Lipinski definition) is 4. The van der Waals surface area contributed by atoms with Crippen LogP contribution in [0.25, 0.3) is 66.4 Å². The molecule has 2 aliphatic carbocycles. The molecule has 0 amide bonds. The Balaban J connectivity index is 0.824. The summed E-state index contributed by atoms with van der Waals surface area (Å²) in [5.74, 6) is -1.43. The number of rotatable bonds is 11. The molecule has 4 aliphatic rings. The molecule has 15 heteroatoms. The number of carboxylic acid groups (broad SMARTS) is 1. The zero-order valence-electron chi connectivity index (χ0n) is 37.7. The molecule has 0 bridgehead atoms. The van der Waals surface area contributed by atoms with Crippen molar-refractivity contribution in [1.82, 2.24) is 39.0 Å². The number of aromatic amines is 2. The average Bonchev–Trinajstić information content (AvgIpc) is 4.24. The summed E-state index contributed by atoms with van der Waals surface area (Å²) >= 11 is 0. The minimum Gasteiger partial charge on any atom is -0.478 e. The lowest BCUT2D eigenvalue weighted by Gasteiger charge is -2.24. The number of aromatic carboxylic acids is 1. The van der Waals surface area contributed by atoms with Gasteiger partial charge < -0.3 is 43.9 Å². The minimum atomic E-state index is -1.04. The Kier molecular flexibility index (Phi) is 10.7. The molecular weight excluding hydrogens is 845 g/mol. The highest BCUT2D eigenvalue weighted by Crippen LogP contribution is 2.42. The zero-order chi connectivity index (χ0) is 45.2. The van der Waals surface area contributed by atoms with Crippen LogP contribution in [0.4, 0.5) is 11.4 Å². The Morgan fingerprint density at radius 2 is 1.13 bits per heavy atom. The number of hydrogen-bond acceptors (Lipinski definition) is 10. The Hall–Kier alpha value is -6.74. The van der Waals surface area contributed by atoms with E-state index in [1.54, 1.807) is 12.7 Å². The van der Waals surface area contributed by atoms with Crippen LogP contribution in [0.2, 0.25) is 0 Å². The van der Waals surface area contributed by atoms with Crippen molar-refractivity contribution < 1.29 is 24.5 Å². The van der Waals surface area contributed by atoms with Crippen molar-refractivity contribution in [3.8, 4) is 22.3 Å². The van der Waals surface area contributed by atoms with Gasteiger partial charge in [0.15, 0.2) is 0 Å². The number of nitrogens with zero attached hydrogens (tertiary/aromatic N) is 8. The fourth-order valence-electron chi connectivity index (χ4n) is 11.9.